The van der Waals surface area contributed by atoms with Crippen LogP contribution in [0, 0.1) is 17.3 Å². The molecule has 94 valence electrons. The number of hydrogen-bond donors (Lipinski definition) is 1. The van der Waals surface area contributed by atoms with Crippen LogP contribution in [-0.4, -0.2) is 18.8 Å². The van der Waals surface area contributed by atoms with E-state index in [-0.39, 0.29) is 5.54 Å². The van der Waals surface area contributed by atoms with Gasteiger partial charge in [0, 0.05) is 18.1 Å². The smallest absolute Gasteiger partial charge is 0.0512 e. The second kappa shape index (κ2) is 4.30. The lowest BCUT2D eigenvalue weighted by molar-refractivity contribution is 0.0906. The highest BCUT2D eigenvalue weighted by molar-refractivity contribution is 4.98. The maximum atomic E-state index is 6.59. The van der Waals surface area contributed by atoms with Gasteiger partial charge in [0.25, 0.3) is 0 Å². The first kappa shape index (κ1) is 12.4. The summed E-state index contributed by atoms with van der Waals surface area (Å²) in [7, 11) is 0. The molecule has 2 aliphatic rings. The fourth-order valence-electron chi connectivity index (χ4n) is 3.42. The van der Waals surface area contributed by atoms with E-state index in [2.05, 4.69) is 20.8 Å². The van der Waals surface area contributed by atoms with Crippen molar-refractivity contribution in [2.75, 3.05) is 13.2 Å². The quantitative estimate of drug-likeness (QED) is 0.744. The molecule has 2 N–H and O–H groups in total. The molecule has 2 nitrogen and oxygen atoms in total. The molecule has 1 heterocycles. The van der Waals surface area contributed by atoms with Crippen molar-refractivity contribution < 1.29 is 4.74 Å². The summed E-state index contributed by atoms with van der Waals surface area (Å²) in [6, 6.07) is 0. The Bertz CT molecular complexity index is 230. The van der Waals surface area contributed by atoms with Gasteiger partial charge in [-0.25, -0.2) is 0 Å². The predicted octanol–water partition coefficient (Wildman–Crippen LogP) is 2.96. The molecule has 1 atom stereocenters. The molecule has 1 aliphatic carbocycles. The first-order chi connectivity index (χ1) is 7.42. The highest BCUT2D eigenvalue weighted by atomic mass is 16.5. The number of ether oxygens (including phenoxy) is 1. The van der Waals surface area contributed by atoms with Crippen molar-refractivity contribution in [2.24, 2.45) is 23.0 Å². The van der Waals surface area contributed by atoms with Crippen molar-refractivity contribution in [3.8, 4) is 0 Å². The summed E-state index contributed by atoms with van der Waals surface area (Å²) in [5.74, 6) is 1.47. The lowest BCUT2D eigenvalue weighted by Gasteiger charge is -2.44. The Labute approximate surface area is 99.9 Å². The first-order valence-electron chi connectivity index (χ1n) is 6.78. The number of hydrogen-bond acceptors (Lipinski definition) is 2. The third kappa shape index (κ3) is 2.43. The van der Waals surface area contributed by atoms with Gasteiger partial charge in [-0.05, 0) is 43.4 Å². The van der Waals surface area contributed by atoms with Gasteiger partial charge in [-0.2, -0.15) is 0 Å². The van der Waals surface area contributed by atoms with Gasteiger partial charge in [0.05, 0.1) is 6.61 Å². The van der Waals surface area contributed by atoms with E-state index in [1.54, 1.807) is 0 Å². The van der Waals surface area contributed by atoms with Gasteiger partial charge in [0.2, 0.25) is 0 Å². The molecular weight excluding hydrogens is 198 g/mol. The minimum absolute atomic E-state index is 0.0816. The van der Waals surface area contributed by atoms with Crippen LogP contribution in [-0.2, 0) is 4.74 Å². The van der Waals surface area contributed by atoms with Crippen molar-refractivity contribution in [1.29, 1.82) is 0 Å². The SMILES string of the molecule is CC(C)(C)C1CCC(N)(C2CCOC2)CC1. The Hall–Kier alpha value is -0.0800. The second-order valence-corrected chi connectivity index (χ2v) is 6.93. The van der Waals surface area contributed by atoms with Crippen LogP contribution >= 0.6 is 0 Å². The highest BCUT2D eigenvalue weighted by Gasteiger charge is 2.42. The van der Waals surface area contributed by atoms with Crippen molar-refractivity contribution in [2.45, 2.75) is 58.4 Å². The molecule has 16 heavy (non-hydrogen) atoms. The molecule has 1 saturated heterocycles. The van der Waals surface area contributed by atoms with Crippen LogP contribution < -0.4 is 5.73 Å². The molecule has 0 aromatic rings. The molecule has 1 aliphatic heterocycles. The fourth-order valence-corrected chi connectivity index (χ4v) is 3.42. The zero-order valence-electron chi connectivity index (χ0n) is 11.1. The Morgan fingerprint density at radius 1 is 1.12 bits per heavy atom. The Kier molecular flexibility index (Phi) is 3.33. The number of nitrogens with two attached hydrogens (primary N) is 1. The molecule has 1 unspecified atom stereocenters. The van der Waals surface area contributed by atoms with Crippen LogP contribution in [0.15, 0.2) is 0 Å². The van der Waals surface area contributed by atoms with Gasteiger partial charge < -0.3 is 10.5 Å². The highest BCUT2D eigenvalue weighted by Crippen LogP contribution is 2.44. The molecule has 0 radical (unpaired) electrons. The lowest BCUT2D eigenvalue weighted by Crippen LogP contribution is -2.51. The van der Waals surface area contributed by atoms with Crippen molar-refractivity contribution in [3.63, 3.8) is 0 Å². The molecule has 0 amide bonds. The summed E-state index contributed by atoms with van der Waals surface area (Å²) in [5.41, 5.74) is 7.12. The topological polar surface area (TPSA) is 35.2 Å². The molecule has 1 saturated carbocycles. The average Bonchev–Trinajstić information content (AvgIpc) is 2.70. The molecule has 0 spiro atoms. The Morgan fingerprint density at radius 2 is 1.75 bits per heavy atom. The van der Waals surface area contributed by atoms with Gasteiger partial charge in [0.1, 0.15) is 0 Å². The van der Waals surface area contributed by atoms with Crippen molar-refractivity contribution >= 4 is 0 Å². The maximum Gasteiger partial charge on any atom is 0.0512 e. The van der Waals surface area contributed by atoms with Gasteiger partial charge in [-0.15, -0.1) is 0 Å². The van der Waals surface area contributed by atoms with Crippen LogP contribution in [0.3, 0.4) is 0 Å². The first-order valence-corrected chi connectivity index (χ1v) is 6.78. The van der Waals surface area contributed by atoms with Crippen LogP contribution in [0.4, 0.5) is 0 Å². The molecule has 0 aromatic carbocycles. The van der Waals surface area contributed by atoms with E-state index in [0.717, 1.165) is 19.1 Å². The van der Waals surface area contributed by atoms with E-state index < -0.39 is 0 Å². The normalized spacial score (nSPS) is 41.2. The van der Waals surface area contributed by atoms with E-state index in [1.165, 1.54) is 32.1 Å². The maximum absolute atomic E-state index is 6.59. The Balaban J connectivity index is 1.93. The molecule has 2 fully saturated rings. The second-order valence-electron chi connectivity index (χ2n) is 6.93. The fraction of sp³-hybridized carbons (Fsp3) is 1.00. The summed E-state index contributed by atoms with van der Waals surface area (Å²) >= 11 is 0. The summed E-state index contributed by atoms with van der Waals surface area (Å²) in [4.78, 5) is 0. The lowest BCUT2D eigenvalue weighted by atomic mass is 9.64. The largest absolute Gasteiger partial charge is 0.381 e. The van der Waals surface area contributed by atoms with E-state index in [9.17, 15) is 0 Å². The monoisotopic (exact) mass is 225 g/mol. The van der Waals surface area contributed by atoms with Gasteiger partial charge in [0.15, 0.2) is 0 Å². The molecular formula is C14H27NO. The van der Waals surface area contributed by atoms with E-state index in [0.29, 0.717) is 11.3 Å². The van der Waals surface area contributed by atoms with Gasteiger partial charge in [-0.1, -0.05) is 20.8 Å². The summed E-state index contributed by atoms with van der Waals surface area (Å²) in [5, 5.41) is 0. The van der Waals surface area contributed by atoms with Crippen LogP contribution in [0.25, 0.3) is 0 Å². The van der Waals surface area contributed by atoms with E-state index in [4.69, 9.17) is 10.5 Å². The van der Waals surface area contributed by atoms with Crippen molar-refractivity contribution in [3.05, 3.63) is 0 Å². The minimum Gasteiger partial charge on any atom is -0.381 e. The minimum atomic E-state index is 0.0816. The van der Waals surface area contributed by atoms with Crippen molar-refractivity contribution in [1.82, 2.24) is 0 Å². The third-order valence-corrected chi connectivity index (χ3v) is 4.88. The summed E-state index contributed by atoms with van der Waals surface area (Å²) < 4.78 is 5.49. The van der Waals surface area contributed by atoms with Crippen LogP contribution in [0.1, 0.15) is 52.9 Å². The average molecular weight is 225 g/mol. The zero-order chi connectivity index (χ0) is 11.8. The van der Waals surface area contributed by atoms with Crippen LogP contribution in [0.2, 0.25) is 0 Å². The van der Waals surface area contributed by atoms with Gasteiger partial charge >= 0.3 is 0 Å². The van der Waals surface area contributed by atoms with Crippen LogP contribution in [0.5, 0.6) is 0 Å². The summed E-state index contributed by atoms with van der Waals surface area (Å²) in [6.45, 7) is 8.91. The molecule has 2 rings (SSSR count). The van der Waals surface area contributed by atoms with E-state index >= 15 is 0 Å². The third-order valence-electron chi connectivity index (χ3n) is 4.88. The number of rotatable bonds is 1. The summed E-state index contributed by atoms with van der Waals surface area (Å²) in [6.07, 6.45) is 6.18. The predicted molar refractivity (Wildman–Crippen MR) is 67.3 cm³/mol. The molecule has 2 heteroatoms. The standard InChI is InChI=1S/C14H27NO/c1-13(2,3)11-4-7-14(15,8-5-11)12-6-9-16-10-12/h11-12H,4-10,15H2,1-3H3. The van der Waals surface area contributed by atoms with E-state index in [1.807, 2.05) is 0 Å². The molecule has 0 bridgehead atoms. The molecule has 0 aromatic heterocycles. The van der Waals surface area contributed by atoms with Gasteiger partial charge in [-0.3, -0.25) is 0 Å². The zero-order valence-corrected chi connectivity index (χ0v) is 11.1. The Morgan fingerprint density at radius 3 is 2.19 bits per heavy atom.